The molecule has 0 spiro atoms. The molecule has 3 heteroatoms. The van der Waals surface area contributed by atoms with Crippen molar-refractivity contribution >= 4 is 11.4 Å². The molecule has 0 fully saturated rings. The second-order valence-corrected chi connectivity index (χ2v) is 5.33. The summed E-state index contributed by atoms with van der Waals surface area (Å²) in [4.78, 5) is 2.27. The van der Waals surface area contributed by atoms with Gasteiger partial charge in [0.05, 0.1) is 5.69 Å². The summed E-state index contributed by atoms with van der Waals surface area (Å²) in [5, 5.41) is 8.39. The monoisotopic (exact) mass is 265 g/mol. The van der Waals surface area contributed by atoms with E-state index < -0.39 is 0 Å². The van der Waals surface area contributed by atoms with Crippen LogP contribution in [-0.4, -0.2) is 23.3 Å². The van der Waals surface area contributed by atoms with E-state index in [1.807, 2.05) is 19.1 Å². The number of aromatic nitrogens is 2. The predicted octanol–water partition coefficient (Wildman–Crippen LogP) is 3.39. The van der Waals surface area contributed by atoms with Gasteiger partial charge in [0.15, 0.2) is 5.82 Å². The average molecular weight is 265 g/mol. The lowest BCUT2D eigenvalue weighted by Gasteiger charge is -2.27. The highest BCUT2D eigenvalue weighted by molar-refractivity contribution is 5.68. The normalized spacial score (nSPS) is 15.1. The molecule has 0 saturated carbocycles. The lowest BCUT2D eigenvalue weighted by Crippen LogP contribution is -2.29. The van der Waals surface area contributed by atoms with Gasteiger partial charge in [0, 0.05) is 13.1 Å². The Bertz CT molecular complexity index is 629. The van der Waals surface area contributed by atoms with Gasteiger partial charge < -0.3 is 4.90 Å². The standard InChI is InChI=1S/C17H19N3/c1-13-4-3-5-16(12-13)15-8-10-20(11-9-15)17-7-6-14(2)18-19-17/h3-8,12H,9-11H2,1-2H3. The van der Waals surface area contributed by atoms with E-state index in [1.54, 1.807) is 0 Å². The van der Waals surface area contributed by atoms with Crippen LogP contribution >= 0.6 is 0 Å². The summed E-state index contributed by atoms with van der Waals surface area (Å²) in [7, 11) is 0. The van der Waals surface area contributed by atoms with Gasteiger partial charge in [-0.25, -0.2) is 0 Å². The molecule has 1 aliphatic heterocycles. The SMILES string of the molecule is Cc1cccc(C2=CCN(c3ccc(C)nn3)CC2)c1. The molecule has 0 radical (unpaired) electrons. The summed E-state index contributed by atoms with van der Waals surface area (Å²) in [5.74, 6) is 0.968. The Labute approximate surface area is 120 Å². The Morgan fingerprint density at radius 1 is 1.05 bits per heavy atom. The predicted molar refractivity (Wildman–Crippen MR) is 82.8 cm³/mol. The molecule has 1 aromatic heterocycles. The van der Waals surface area contributed by atoms with Gasteiger partial charge in [0.25, 0.3) is 0 Å². The van der Waals surface area contributed by atoms with Crippen LogP contribution in [0.3, 0.4) is 0 Å². The fourth-order valence-electron chi connectivity index (χ4n) is 2.54. The van der Waals surface area contributed by atoms with Crippen LogP contribution in [0.2, 0.25) is 0 Å². The van der Waals surface area contributed by atoms with Crippen LogP contribution in [0.1, 0.15) is 23.2 Å². The van der Waals surface area contributed by atoms with Gasteiger partial charge in [-0.2, -0.15) is 5.10 Å². The first-order chi connectivity index (χ1) is 9.72. The van der Waals surface area contributed by atoms with Crippen molar-refractivity contribution < 1.29 is 0 Å². The van der Waals surface area contributed by atoms with Gasteiger partial charge in [-0.15, -0.1) is 5.10 Å². The first kappa shape index (κ1) is 12.9. The van der Waals surface area contributed by atoms with Crippen molar-refractivity contribution in [3.63, 3.8) is 0 Å². The zero-order valence-corrected chi connectivity index (χ0v) is 12.0. The van der Waals surface area contributed by atoms with Crippen molar-refractivity contribution in [3.8, 4) is 0 Å². The molecule has 2 aromatic rings. The highest BCUT2D eigenvalue weighted by Crippen LogP contribution is 2.25. The maximum Gasteiger partial charge on any atom is 0.151 e. The van der Waals surface area contributed by atoms with Crippen LogP contribution in [0.15, 0.2) is 42.5 Å². The van der Waals surface area contributed by atoms with E-state index in [1.165, 1.54) is 16.7 Å². The zero-order chi connectivity index (χ0) is 13.9. The molecular weight excluding hydrogens is 246 g/mol. The molecule has 1 aromatic carbocycles. The second-order valence-electron chi connectivity index (χ2n) is 5.33. The number of aryl methyl sites for hydroxylation is 2. The third-order valence-electron chi connectivity index (χ3n) is 3.71. The van der Waals surface area contributed by atoms with Gasteiger partial charge >= 0.3 is 0 Å². The molecule has 102 valence electrons. The minimum Gasteiger partial charge on any atom is -0.351 e. The topological polar surface area (TPSA) is 29.0 Å². The van der Waals surface area contributed by atoms with E-state index in [4.69, 9.17) is 0 Å². The maximum absolute atomic E-state index is 4.26. The number of nitrogens with zero attached hydrogens (tertiary/aromatic N) is 3. The molecule has 1 aliphatic rings. The first-order valence-electron chi connectivity index (χ1n) is 7.04. The minimum atomic E-state index is 0.904. The van der Waals surface area contributed by atoms with E-state index in [0.29, 0.717) is 0 Å². The molecular formula is C17H19N3. The molecule has 0 aliphatic carbocycles. The summed E-state index contributed by atoms with van der Waals surface area (Å²) in [6, 6.07) is 12.8. The molecule has 0 N–H and O–H groups in total. The molecule has 0 atom stereocenters. The van der Waals surface area contributed by atoms with Crippen molar-refractivity contribution in [2.75, 3.05) is 18.0 Å². The molecule has 0 bridgehead atoms. The molecule has 3 nitrogen and oxygen atoms in total. The Balaban J connectivity index is 1.76. The molecule has 20 heavy (non-hydrogen) atoms. The van der Waals surface area contributed by atoms with Crippen molar-refractivity contribution in [3.05, 3.63) is 59.3 Å². The second kappa shape index (κ2) is 5.45. The van der Waals surface area contributed by atoms with E-state index in [-0.39, 0.29) is 0 Å². The maximum atomic E-state index is 4.26. The quantitative estimate of drug-likeness (QED) is 0.833. The number of hydrogen-bond acceptors (Lipinski definition) is 3. The summed E-state index contributed by atoms with van der Waals surface area (Å²) in [6.07, 6.45) is 3.36. The highest BCUT2D eigenvalue weighted by atomic mass is 15.3. The fourth-order valence-corrected chi connectivity index (χ4v) is 2.54. The van der Waals surface area contributed by atoms with Crippen molar-refractivity contribution in [1.29, 1.82) is 0 Å². The number of anilines is 1. The largest absolute Gasteiger partial charge is 0.351 e. The first-order valence-corrected chi connectivity index (χ1v) is 7.04. The molecule has 0 unspecified atom stereocenters. The van der Waals surface area contributed by atoms with E-state index >= 15 is 0 Å². The highest BCUT2D eigenvalue weighted by Gasteiger charge is 2.14. The zero-order valence-electron chi connectivity index (χ0n) is 12.0. The van der Waals surface area contributed by atoms with Gasteiger partial charge in [-0.05, 0) is 43.5 Å². The summed E-state index contributed by atoms with van der Waals surface area (Å²) < 4.78 is 0. The summed E-state index contributed by atoms with van der Waals surface area (Å²) in [5.41, 5.74) is 5.06. The number of rotatable bonds is 2. The van der Waals surface area contributed by atoms with Crippen molar-refractivity contribution in [1.82, 2.24) is 10.2 Å². The third-order valence-corrected chi connectivity index (χ3v) is 3.71. The third kappa shape index (κ3) is 2.72. The Kier molecular flexibility index (Phi) is 3.50. The molecule has 0 amide bonds. The average Bonchev–Trinajstić information content (AvgIpc) is 2.48. The Morgan fingerprint density at radius 2 is 1.95 bits per heavy atom. The smallest absolute Gasteiger partial charge is 0.151 e. The summed E-state index contributed by atoms with van der Waals surface area (Å²) in [6.45, 7) is 6.00. The molecule has 3 rings (SSSR count). The summed E-state index contributed by atoms with van der Waals surface area (Å²) >= 11 is 0. The Morgan fingerprint density at radius 3 is 2.60 bits per heavy atom. The van der Waals surface area contributed by atoms with Gasteiger partial charge in [-0.1, -0.05) is 35.9 Å². The van der Waals surface area contributed by atoms with Crippen LogP contribution < -0.4 is 4.90 Å². The van der Waals surface area contributed by atoms with Gasteiger partial charge in [0.1, 0.15) is 0 Å². The van der Waals surface area contributed by atoms with Crippen LogP contribution in [0.5, 0.6) is 0 Å². The van der Waals surface area contributed by atoms with Crippen LogP contribution in [-0.2, 0) is 0 Å². The number of benzene rings is 1. The van der Waals surface area contributed by atoms with Crippen molar-refractivity contribution in [2.45, 2.75) is 20.3 Å². The van der Waals surface area contributed by atoms with E-state index in [0.717, 1.165) is 31.0 Å². The van der Waals surface area contributed by atoms with E-state index in [9.17, 15) is 0 Å². The van der Waals surface area contributed by atoms with E-state index in [2.05, 4.69) is 52.4 Å². The van der Waals surface area contributed by atoms with Crippen LogP contribution in [0, 0.1) is 13.8 Å². The number of hydrogen-bond donors (Lipinski definition) is 0. The van der Waals surface area contributed by atoms with Crippen LogP contribution in [0.25, 0.3) is 5.57 Å². The van der Waals surface area contributed by atoms with Gasteiger partial charge in [-0.3, -0.25) is 0 Å². The molecule has 2 heterocycles. The fraction of sp³-hybridized carbons (Fsp3) is 0.294. The van der Waals surface area contributed by atoms with Crippen molar-refractivity contribution in [2.24, 2.45) is 0 Å². The van der Waals surface area contributed by atoms with Gasteiger partial charge in [0.2, 0.25) is 0 Å². The Hall–Kier alpha value is -2.16. The minimum absolute atomic E-state index is 0.904. The molecule has 0 saturated heterocycles. The lowest BCUT2D eigenvalue weighted by atomic mass is 9.98. The lowest BCUT2D eigenvalue weighted by molar-refractivity contribution is 0.796. The van der Waals surface area contributed by atoms with Crippen LogP contribution in [0.4, 0.5) is 5.82 Å².